The maximum atomic E-state index is 11.2. The second-order valence-corrected chi connectivity index (χ2v) is 10.1. The van der Waals surface area contributed by atoms with Gasteiger partial charge in [-0.05, 0) is 56.5 Å². The number of nitrogens with one attached hydrogen (secondary N) is 1. The van der Waals surface area contributed by atoms with Crippen molar-refractivity contribution in [2.45, 2.75) is 39.0 Å². The quantitative estimate of drug-likeness (QED) is 0.270. The Bertz CT molecular complexity index is 1620. The van der Waals surface area contributed by atoms with Crippen molar-refractivity contribution < 1.29 is 14.6 Å². The molecule has 0 aliphatic heterocycles. The average molecular weight is 528 g/mol. The van der Waals surface area contributed by atoms with Gasteiger partial charge in [-0.3, -0.25) is 15.0 Å². The number of aliphatic hydroxyl groups is 1. The molecule has 192 valence electrons. The van der Waals surface area contributed by atoms with E-state index in [1.54, 1.807) is 31.9 Å². The van der Waals surface area contributed by atoms with Crippen molar-refractivity contribution in [3.8, 4) is 34.0 Å². The molecule has 6 rings (SSSR count). The Morgan fingerprint density at radius 2 is 1.71 bits per heavy atom. The van der Waals surface area contributed by atoms with Gasteiger partial charge >= 0.3 is 0 Å². The summed E-state index contributed by atoms with van der Waals surface area (Å²) >= 11 is 1.30. The highest BCUT2D eigenvalue weighted by molar-refractivity contribution is 7.21. The fourth-order valence-corrected chi connectivity index (χ4v) is 4.84. The summed E-state index contributed by atoms with van der Waals surface area (Å²) in [5.74, 6) is 1.37. The summed E-state index contributed by atoms with van der Waals surface area (Å²) in [7, 11) is 1.60. The molecule has 0 radical (unpaired) electrons. The highest BCUT2D eigenvalue weighted by Gasteiger charge is 2.24. The minimum Gasteiger partial charge on any atom is -0.494 e. The molecule has 10 nitrogen and oxygen atoms in total. The Morgan fingerprint density at radius 3 is 2.45 bits per heavy atom. The van der Waals surface area contributed by atoms with Gasteiger partial charge in [-0.2, -0.15) is 4.98 Å². The Morgan fingerprint density at radius 1 is 0.921 bits per heavy atom. The van der Waals surface area contributed by atoms with Crippen LogP contribution in [0.5, 0.6) is 11.5 Å². The number of ether oxygens (including phenoxy) is 2. The van der Waals surface area contributed by atoms with Crippen LogP contribution < -0.4 is 14.8 Å². The van der Waals surface area contributed by atoms with Gasteiger partial charge in [0.2, 0.25) is 0 Å². The summed E-state index contributed by atoms with van der Waals surface area (Å²) in [6.07, 6.45) is 8.11. The van der Waals surface area contributed by atoms with Crippen molar-refractivity contribution >= 4 is 26.9 Å². The molecule has 1 aliphatic carbocycles. The molecule has 1 aliphatic rings. The first-order valence-electron chi connectivity index (χ1n) is 12.2. The molecule has 5 heterocycles. The minimum absolute atomic E-state index is 0.319. The lowest BCUT2D eigenvalue weighted by Crippen LogP contribution is -2.12. The number of thiazole rings is 1. The summed E-state index contributed by atoms with van der Waals surface area (Å²) in [4.78, 5) is 27.5. The van der Waals surface area contributed by atoms with Crippen molar-refractivity contribution in [3.05, 3.63) is 66.0 Å². The fraction of sp³-hybridized carbons (Fsp3) is 0.259. The highest BCUT2D eigenvalue weighted by atomic mass is 32.1. The van der Waals surface area contributed by atoms with Gasteiger partial charge in [-0.25, -0.2) is 9.97 Å². The lowest BCUT2D eigenvalue weighted by atomic mass is 9.99. The zero-order chi connectivity index (χ0) is 26.2. The van der Waals surface area contributed by atoms with Crippen LogP contribution in [-0.2, 0) is 0 Å². The Kier molecular flexibility index (Phi) is 6.30. The molecule has 0 bridgehead atoms. The summed E-state index contributed by atoms with van der Waals surface area (Å²) in [6, 6.07) is 7.61. The van der Waals surface area contributed by atoms with Gasteiger partial charge in [0, 0.05) is 28.7 Å². The Hall–Kier alpha value is -4.22. The monoisotopic (exact) mass is 527 g/mol. The van der Waals surface area contributed by atoms with Gasteiger partial charge in [-0.1, -0.05) is 11.3 Å². The number of hydrogen-bond donors (Lipinski definition) is 2. The number of aryl methyl sites for hydroxylation is 2. The van der Waals surface area contributed by atoms with Gasteiger partial charge in [0.15, 0.2) is 21.8 Å². The average Bonchev–Trinajstić information content (AvgIpc) is 3.65. The smallest absolute Gasteiger partial charge is 0.191 e. The number of rotatable bonds is 8. The first kappa shape index (κ1) is 24.1. The number of aromatic nitrogens is 6. The van der Waals surface area contributed by atoms with Crippen molar-refractivity contribution in [1.82, 2.24) is 29.9 Å². The van der Waals surface area contributed by atoms with E-state index in [1.807, 2.05) is 38.1 Å². The first-order valence-corrected chi connectivity index (χ1v) is 13.0. The third-order valence-electron chi connectivity index (χ3n) is 6.09. The van der Waals surface area contributed by atoms with Crippen LogP contribution in [0.25, 0.3) is 33.0 Å². The lowest BCUT2D eigenvalue weighted by Gasteiger charge is -2.18. The normalized spacial score (nSPS) is 13.9. The number of aliphatic hydroxyl groups excluding tert-OH is 1. The third kappa shape index (κ3) is 4.98. The van der Waals surface area contributed by atoms with Gasteiger partial charge in [0.1, 0.15) is 17.2 Å². The molecule has 2 N–H and O–H groups in total. The standard InChI is InChI=1S/C27H25N7O3S/c1-14-8-18(19-9-15(2)29-13-23(19)36-3)20(11-28-14)25(35)34-27-33-24-26(38-27)32-22(12-31-24)21-7-6-17(10-30-21)37-16-4-5-16/h6-13,16,25,35H,4-5H2,1-3H3,(H,31,33,34). The molecular weight excluding hydrogens is 502 g/mol. The lowest BCUT2D eigenvalue weighted by molar-refractivity contribution is 0.208. The zero-order valence-corrected chi connectivity index (χ0v) is 21.9. The number of fused-ring (bicyclic) bond motifs is 1. The van der Waals surface area contributed by atoms with Crippen LogP contribution in [0.3, 0.4) is 0 Å². The van der Waals surface area contributed by atoms with E-state index in [9.17, 15) is 5.11 Å². The van der Waals surface area contributed by atoms with Crippen LogP contribution >= 0.6 is 11.3 Å². The van der Waals surface area contributed by atoms with E-state index in [1.165, 1.54) is 11.3 Å². The van der Waals surface area contributed by atoms with E-state index in [0.29, 0.717) is 44.4 Å². The second kappa shape index (κ2) is 9.92. The molecule has 11 heteroatoms. The molecule has 5 aromatic rings. The van der Waals surface area contributed by atoms with Crippen LogP contribution in [0.4, 0.5) is 5.13 Å². The minimum atomic E-state index is -1.09. The molecule has 1 saturated carbocycles. The van der Waals surface area contributed by atoms with Crippen molar-refractivity contribution in [1.29, 1.82) is 0 Å². The van der Waals surface area contributed by atoms with E-state index < -0.39 is 6.23 Å². The predicted molar refractivity (Wildman–Crippen MR) is 144 cm³/mol. The molecule has 0 saturated heterocycles. The number of hydrogen-bond acceptors (Lipinski definition) is 11. The number of methoxy groups -OCH3 is 1. The van der Waals surface area contributed by atoms with Crippen LogP contribution in [0, 0.1) is 13.8 Å². The largest absolute Gasteiger partial charge is 0.494 e. The van der Waals surface area contributed by atoms with Gasteiger partial charge < -0.3 is 19.9 Å². The number of nitrogens with zero attached hydrogens (tertiary/aromatic N) is 6. The molecule has 0 amide bonds. The highest BCUT2D eigenvalue weighted by Crippen LogP contribution is 2.36. The molecule has 1 atom stereocenters. The van der Waals surface area contributed by atoms with E-state index in [-0.39, 0.29) is 0 Å². The van der Waals surface area contributed by atoms with E-state index >= 15 is 0 Å². The SMILES string of the molecule is COc1cnc(C)cc1-c1cc(C)ncc1C(O)Nc1nc2ncc(-c3ccc(OC4CC4)cn3)nc2s1. The Labute approximate surface area is 222 Å². The summed E-state index contributed by atoms with van der Waals surface area (Å²) in [6.45, 7) is 3.81. The predicted octanol–water partition coefficient (Wildman–Crippen LogP) is 4.87. The van der Waals surface area contributed by atoms with Crippen LogP contribution in [0.2, 0.25) is 0 Å². The van der Waals surface area contributed by atoms with E-state index in [0.717, 1.165) is 41.1 Å². The summed E-state index contributed by atoms with van der Waals surface area (Å²) in [5.41, 5.74) is 5.66. The maximum Gasteiger partial charge on any atom is 0.191 e. The first-order chi connectivity index (χ1) is 18.5. The summed E-state index contributed by atoms with van der Waals surface area (Å²) in [5, 5.41) is 14.7. The van der Waals surface area contributed by atoms with Crippen molar-refractivity contribution in [3.63, 3.8) is 0 Å². The fourth-order valence-electron chi connectivity index (χ4n) is 4.02. The van der Waals surface area contributed by atoms with E-state index in [2.05, 4.69) is 30.2 Å². The van der Waals surface area contributed by atoms with Gasteiger partial charge in [0.05, 0.1) is 37.5 Å². The van der Waals surface area contributed by atoms with Gasteiger partial charge in [0.25, 0.3) is 0 Å². The molecule has 5 aromatic heterocycles. The van der Waals surface area contributed by atoms with Crippen molar-refractivity contribution in [2.75, 3.05) is 12.4 Å². The topological polar surface area (TPSA) is 128 Å². The maximum absolute atomic E-state index is 11.2. The molecule has 1 fully saturated rings. The molecule has 0 aromatic carbocycles. The summed E-state index contributed by atoms with van der Waals surface area (Å²) < 4.78 is 11.3. The molecule has 0 spiro atoms. The second-order valence-electron chi connectivity index (χ2n) is 9.09. The Balaban J connectivity index is 1.26. The number of anilines is 1. The van der Waals surface area contributed by atoms with Crippen LogP contribution in [-0.4, -0.2) is 48.2 Å². The van der Waals surface area contributed by atoms with Crippen LogP contribution in [0.15, 0.2) is 49.1 Å². The zero-order valence-electron chi connectivity index (χ0n) is 21.0. The third-order valence-corrected chi connectivity index (χ3v) is 6.96. The van der Waals surface area contributed by atoms with Crippen LogP contribution in [0.1, 0.15) is 36.0 Å². The van der Waals surface area contributed by atoms with E-state index in [4.69, 9.17) is 14.5 Å². The van der Waals surface area contributed by atoms with Gasteiger partial charge in [-0.15, -0.1) is 0 Å². The molecule has 38 heavy (non-hydrogen) atoms. The molecule has 1 unspecified atom stereocenters. The number of pyridine rings is 3. The van der Waals surface area contributed by atoms with Crippen molar-refractivity contribution in [2.24, 2.45) is 0 Å². The molecular formula is C27H25N7O3S.